The summed E-state index contributed by atoms with van der Waals surface area (Å²) in [4.78, 5) is 35.4. The van der Waals surface area contributed by atoms with Crippen molar-refractivity contribution in [2.24, 2.45) is 5.92 Å². The fraction of sp³-hybridized carbons (Fsp3) is 0.300. The van der Waals surface area contributed by atoms with Crippen molar-refractivity contribution in [2.75, 3.05) is 19.5 Å². The average molecular weight is 419 g/mol. The fourth-order valence-corrected chi connectivity index (χ4v) is 2.65. The summed E-state index contributed by atoms with van der Waals surface area (Å²) < 4.78 is 23.8. The molecule has 10 heteroatoms. The van der Waals surface area contributed by atoms with E-state index in [9.17, 15) is 24.1 Å². The first-order valence-electron chi connectivity index (χ1n) is 8.95. The zero-order valence-corrected chi connectivity index (χ0v) is 16.9. The van der Waals surface area contributed by atoms with Gasteiger partial charge in [0.25, 0.3) is 5.91 Å². The third kappa shape index (κ3) is 5.43. The number of nitrogens with one attached hydrogen (secondary N) is 2. The SMILES string of the molecule is COc1cc(OC)cc(C(=O)N[C@@H](C(=O)Nc2ccc(F)c([N+](=O)[O-])c2)C(C)C)c1. The van der Waals surface area contributed by atoms with Crippen LogP contribution < -0.4 is 20.1 Å². The molecule has 2 rings (SSSR count). The Labute approximate surface area is 172 Å². The van der Waals surface area contributed by atoms with E-state index in [0.717, 1.165) is 12.1 Å². The summed E-state index contributed by atoms with van der Waals surface area (Å²) in [7, 11) is 2.89. The van der Waals surface area contributed by atoms with Crippen molar-refractivity contribution in [1.29, 1.82) is 0 Å². The number of carbonyl (C=O) groups is 2. The number of nitrogens with zero attached hydrogens (tertiary/aromatic N) is 1. The monoisotopic (exact) mass is 419 g/mol. The van der Waals surface area contributed by atoms with Crippen LogP contribution in [0.3, 0.4) is 0 Å². The zero-order chi connectivity index (χ0) is 22.4. The van der Waals surface area contributed by atoms with Gasteiger partial charge >= 0.3 is 5.69 Å². The van der Waals surface area contributed by atoms with Crippen LogP contribution in [0.5, 0.6) is 11.5 Å². The predicted octanol–water partition coefficient (Wildman–Crippen LogP) is 3.14. The van der Waals surface area contributed by atoms with Gasteiger partial charge in [0.05, 0.1) is 19.1 Å². The van der Waals surface area contributed by atoms with E-state index in [0.29, 0.717) is 11.5 Å². The third-order valence-electron chi connectivity index (χ3n) is 4.26. The van der Waals surface area contributed by atoms with E-state index in [4.69, 9.17) is 9.47 Å². The molecule has 30 heavy (non-hydrogen) atoms. The van der Waals surface area contributed by atoms with Gasteiger partial charge in [0.1, 0.15) is 17.5 Å². The zero-order valence-electron chi connectivity index (χ0n) is 16.9. The lowest BCUT2D eigenvalue weighted by Gasteiger charge is -2.22. The van der Waals surface area contributed by atoms with Crippen molar-refractivity contribution in [3.63, 3.8) is 0 Å². The number of halogens is 1. The van der Waals surface area contributed by atoms with Gasteiger partial charge in [0.15, 0.2) is 0 Å². The van der Waals surface area contributed by atoms with Crippen molar-refractivity contribution in [1.82, 2.24) is 5.32 Å². The smallest absolute Gasteiger partial charge is 0.306 e. The van der Waals surface area contributed by atoms with Crippen molar-refractivity contribution in [3.05, 3.63) is 57.9 Å². The highest BCUT2D eigenvalue weighted by Gasteiger charge is 2.26. The molecule has 0 aliphatic rings. The molecule has 2 amide bonds. The molecule has 2 aromatic rings. The number of anilines is 1. The fourth-order valence-electron chi connectivity index (χ4n) is 2.65. The number of nitro benzene ring substituents is 1. The van der Waals surface area contributed by atoms with Gasteiger partial charge in [-0.2, -0.15) is 4.39 Å². The Morgan fingerprint density at radius 1 is 1.07 bits per heavy atom. The summed E-state index contributed by atoms with van der Waals surface area (Å²) in [6.07, 6.45) is 0. The van der Waals surface area contributed by atoms with E-state index < -0.39 is 34.3 Å². The van der Waals surface area contributed by atoms with Crippen LogP contribution in [0.1, 0.15) is 24.2 Å². The van der Waals surface area contributed by atoms with Crippen LogP contribution in [0.15, 0.2) is 36.4 Å². The molecule has 0 aliphatic carbocycles. The summed E-state index contributed by atoms with van der Waals surface area (Å²) in [5.41, 5.74) is -0.500. The Morgan fingerprint density at radius 2 is 1.67 bits per heavy atom. The van der Waals surface area contributed by atoms with E-state index in [1.54, 1.807) is 19.9 Å². The van der Waals surface area contributed by atoms with Gasteiger partial charge in [-0.3, -0.25) is 19.7 Å². The van der Waals surface area contributed by atoms with E-state index in [2.05, 4.69) is 10.6 Å². The summed E-state index contributed by atoms with van der Waals surface area (Å²) in [6.45, 7) is 3.45. The van der Waals surface area contributed by atoms with E-state index >= 15 is 0 Å². The van der Waals surface area contributed by atoms with Crippen LogP contribution in [-0.2, 0) is 4.79 Å². The second kappa shape index (κ2) is 9.68. The minimum Gasteiger partial charge on any atom is -0.497 e. The van der Waals surface area contributed by atoms with Gasteiger partial charge < -0.3 is 20.1 Å². The molecule has 0 heterocycles. The van der Waals surface area contributed by atoms with Crippen LogP contribution in [0, 0.1) is 21.8 Å². The van der Waals surface area contributed by atoms with Gasteiger partial charge in [-0.25, -0.2) is 0 Å². The number of amides is 2. The first kappa shape index (κ1) is 22.6. The molecule has 9 nitrogen and oxygen atoms in total. The maximum absolute atomic E-state index is 13.5. The number of methoxy groups -OCH3 is 2. The summed E-state index contributed by atoms with van der Waals surface area (Å²) in [6, 6.07) is 6.64. The van der Waals surface area contributed by atoms with Gasteiger partial charge in [-0.15, -0.1) is 0 Å². The number of hydrogen-bond donors (Lipinski definition) is 2. The van der Waals surface area contributed by atoms with Crippen molar-refractivity contribution in [3.8, 4) is 11.5 Å². The molecule has 0 aliphatic heterocycles. The Bertz CT molecular complexity index is 941. The Morgan fingerprint density at radius 3 is 2.17 bits per heavy atom. The van der Waals surface area contributed by atoms with Gasteiger partial charge in [-0.05, 0) is 30.2 Å². The second-order valence-electron chi connectivity index (χ2n) is 6.71. The molecule has 0 radical (unpaired) electrons. The number of nitro groups is 1. The van der Waals surface area contributed by atoms with Crippen LogP contribution >= 0.6 is 0 Å². The second-order valence-corrected chi connectivity index (χ2v) is 6.71. The van der Waals surface area contributed by atoms with E-state index in [1.165, 1.54) is 32.4 Å². The number of hydrogen-bond acceptors (Lipinski definition) is 6. The standard InChI is InChI=1S/C20H22FN3O6/c1-11(2)18(20(26)22-13-5-6-16(21)17(9-13)24(27)28)23-19(25)12-7-14(29-3)10-15(8-12)30-4/h5-11,18H,1-4H3,(H,22,26)(H,23,25)/t18-/m1/s1. The average Bonchev–Trinajstić information content (AvgIpc) is 2.72. The third-order valence-corrected chi connectivity index (χ3v) is 4.26. The van der Waals surface area contributed by atoms with Gasteiger partial charge in [0.2, 0.25) is 11.7 Å². The van der Waals surface area contributed by atoms with Crippen LogP contribution in [-0.4, -0.2) is 37.0 Å². The lowest BCUT2D eigenvalue weighted by molar-refractivity contribution is -0.387. The normalized spacial score (nSPS) is 11.5. The van der Waals surface area contributed by atoms with E-state index in [-0.39, 0.29) is 17.2 Å². The maximum atomic E-state index is 13.5. The van der Waals surface area contributed by atoms with Crippen molar-refractivity contribution >= 4 is 23.2 Å². The molecule has 0 aromatic heterocycles. The maximum Gasteiger partial charge on any atom is 0.306 e. The minimum atomic E-state index is -1.02. The molecule has 0 spiro atoms. The Kier molecular flexibility index (Phi) is 7.29. The molecular weight excluding hydrogens is 397 g/mol. The molecule has 2 aromatic carbocycles. The van der Waals surface area contributed by atoms with Gasteiger partial charge in [0, 0.05) is 23.4 Å². The lowest BCUT2D eigenvalue weighted by atomic mass is 10.0. The van der Waals surface area contributed by atoms with Crippen LogP contribution in [0.2, 0.25) is 0 Å². The lowest BCUT2D eigenvalue weighted by Crippen LogP contribution is -2.47. The number of benzene rings is 2. The molecule has 0 bridgehead atoms. The number of rotatable bonds is 8. The quantitative estimate of drug-likeness (QED) is 0.501. The highest BCUT2D eigenvalue weighted by atomic mass is 19.1. The minimum absolute atomic E-state index is 0.0380. The highest BCUT2D eigenvalue weighted by Crippen LogP contribution is 2.24. The first-order chi connectivity index (χ1) is 14.2. The molecule has 0 saturated heterocycles. The highest BCUT2D eigenvalue weighted by molar-refractivity contribution is 6.01. The summed E-state index contributed by atoms with van der Waals surface area (Å²) in [5, 5.41) is 16.0. The van der Waals surface area contributed by atoms with Crippen LogP contribution in [0.4, 0.5) is 15.8 Å². The van der Waals surface area contributed by atoms with Crippen LogP contribution in [0.25, 0.3) is 0 Å². The topological polar surface area (TPSA) is 120 Å². The largest absolute Gasteiger partial charge is 0.497 e. The van der Waals surface area contributed by atoms with Gasteiger partial charge in [-0.1, -0.05) is 13.8 Å². The number of carbonyl (C=O) groups excluding carboxylic acids is 2. The Balaban J connectivity index is 2.22. The predicted molar refractivity (Wildman–Crippen MR) is 107 cm³/mol. The molecule has 2 N–H and O–H groups in total. The molecule has 0 saturated carbocycles. The molecule has 1 atom stereocenters. The summed E-state index contributed by atoms with van der Waals surface area (Å²) >= 11 is 0. The summed E-state index contributed by atoms with van der Waals surface area (Å²) in [5.74, 6) is -1.65. The van der Waals surface area contributed by atoms with E-state index in [1.807, 2.05) is 0 Å². The first-order valence-corrected chi connectivity index (χ1v) is 8.95. The molecule has 0 fully saturated rings. The molecular formula is C20H22FN3O6. The Hall–Kier alpha value is -3.69. The molecule has 0 unspecified atom stereocenters. The molecule has 160 valence electrons. The number of ether oxygens (including phenoxy) is 2. The van der Waals surface area contributed by atoms with Crippen molar-refractivity contribution < 1.29 is 28.4 Å². The van der Waals surface area contributed by atoms with Crippen molar-refractivity contribution in [2.45, 2.75) is 19.9 Å².